The maximum Gasteiger partial charge on any atom is 0.0582 e. The van der Waals surface area contributed by atoms with Crippen molar-refractivity contribution in [2.24, 2.45) is 0 Å². The van der Waals surface area contributed by atoms with Gasteiger partial charge in [-0.15, -0.1) is 0 Å². The zero-order valence-electron chi connectivity index (χ0n) is 9.61. The minimum absolute atomic E-state index is 0.179. The predicted octanol–water partition coefficient (Wildman–Crippen LogP) is 1.98. The SMILES string of the molecule is CC[C@@H](Cc1ccccc1)N[C@@H](C)CO. The first-order chi connectivity index (χ1) is 7.26. The molecule has 0 bridgehead atoms. The number of rotatable bonds is 6. The van der Waals surface area contributed by atoms with E-state index in [1.807, 2.05) is 13.0 Å². The Balaban J connectivity index is 2.47. The fourth-order valence-electron chi connectivity index (χ4n) is 1.67. The van der Waals surface area contributed by atoms with Crippen molar-refractivity contribution in [3.63, 3.8) is 0 Å². The van der Waals surface area contributed by atoms with Crippen LogP contribution < -0.4 is 5.32 Å². The highest BCUT2D eigenvalue weighted by molar-refractivity contribution is 5.15. The van der Waals surface area contributed by atoms with Crippen LogP contribution in [0, 0.1) is 0 Å². The van der Waals surface area contributed by atoms with E-state index in [1.54, 1.807) is 0 Å². The van der Waals surface area contributed by atoms with Crippen LogP contribution in [0.2, 0.25) is 0 Å². The third kappa shape index (κ3) is 4.45. The van der Waals surface area contributed by atoms with Gasteiger partial charge in [-0.2, -0.15) is 0 Å². The quantitative estimate of drug-likeness (QED) is 0.747. The second-order valence-electron chi connectivity index (χ2n) is 4.05. The minimum Gasteiger partial charge on any atom is -0.395 e. The minimum atomic E-state index is 0.179. The Morgan fingerprint density at radius 3 is 2.47 bits per heavy atom. The van der Waals surface area contributed by atoms with Gasteiger partial charge < -0.3 is 10.4 Å². The summed E-state index contributed by atoms with van der Waals surface area (Å²) in [6.07, 6.45) is 2.11. The van der Waals surface area contributed by atoms with Crippen LogP contribution in [0.4, 0.5) is 0 Å². The Labute approximate surface area is 92.3 Å². The Kier molecular flexibility index (Phi) is 5.37. The first kappa shape index (κ1) is 12.2. The van der Waals surface area contributed by atoms with Crippen LogP contribution in [0.3, 0.4) is 0 Å². The smallest absolute Gasteiger partial charge is 0.0582 e. The molecule has 0 aliphatic rings. The lowest BCUT2D eigenvalue weighted by molar-refractivity contribution is 0.239. The second-order valence-corrected chi connectivity index (χ2v) is 4.05. The third-order valence-electron chi connectivity index (χ3n) is 2.61. The van der Waals surface area contributed by atoms with E-state index in [2.05, 4.69) is 36.5 Å². The molecule has 2 atom stereocenters. The summed E-state index contributed by atoms with van der Waals surface area (Å²) in [5, 5.41) is 12.4. The molecule has 0 aliphatic carbocycles. The molecular weight excluding hydrogens is 186 g/mol. The maximum absolute atomic E-state index is 8.98. The van der Waals surface area contributed by atoms with Crippen molar-refractivity contribution in [1.82, 2.24) is 5.32 Å². The van der Waals surface area contributed by atoms with Crippen molar-refractivity contribution in [1.29, 1.82) is 0 Å². The number of hydrogen-bond donors (Lipinski definition) is 2. The van der Waals surface area contributed by atoms with Gasteiger partial charge in [-0.3, -0.25) is 0 Å². The van der Waals surface area contributed by atoms with Crippen LogP contribution in [0.15, 0.2) is 30.3 Å². The lowest BCUT2D eigenvalue weighted by atomic mass is 10.0. The molecule has 1 rings (SSSR count). The van der Waals surface area contributed by atoms with Crippen molar-refractivity contribution in [3.05, 3.63) is 35.9 Å². The van der Waals surface area contributed by atoms with Gasteiger partial charge in [0.25, 0.3) is 0 Å². The largest absolute Gasteiger partial charge is 0.395 e. The van der Waals surface area contributed by atoms with E-state index in [0.717, 1.165) is 12.8 Å². The van der Waals surface area contributed by atoms with Gasteiger partial charge in [0.2, 0.25) is 0 Å². The standard InChI is InChI=1S/C13H21NO/c1-3-13(14-11(2)10-15)9-12-7-5-4-6-8-12/h4-8,11,13-15H,3,9-10H2,1-2H3/t11-,13-/m0/s1. The molecule has 0 heterocycles. The molecule has 0 radical (unpaired) electrons. The van der Waals surface area contributed by atoms with Crippen LogP contribution in [0.1, 0.15) is 25.8 Å². The highest BCUT2D eigenvalue weighted by Crippen LogP contribution is 2.06. The molecule has 2 heteroatoms. The summed E-state index contributed by atoms with van der Waals surface area (Å²) in [5.41, 5.74) is 1.35. The lowest BCUT2D eigenvalue weighted by Gasteiger charge is -2.21. The second kappa shape index (κ2) is 6.59. The van der Waals surface area contributed by atoms with Gasteiger partial charge in [0.1, 0.15) is 0 Å². The van der Waals surface area contributed by atoms with Crippen molar-refractivity contribution < 1.29 is 5.11 Å². The van der Waals surface area contributed by atoms with E-state index >= 15 is 0 Å². The molecule has 2 nitrogen and oxygen atoms in total. The zero-order chi connectivity index (χ0) is 11.1. The Morgan fingerprint density at radius 2 is 1.93 bits per heavy atom. The summed E-state index contributed by atoms with van der Waals surface area (Å²) >= 11 is 0. The summed E-state index contributed by atoms with van der Waals surface area (Å²) in [4.78, 5) is 0. The van der Waals surface area contributed by atoms with Gasteiger partial charge in [-0.05, 0) is 25.3 Å². The maximum atomic E-state index is 8.98. The van der Waals surface area contributed by atoms with Gasteiger partial charge in [-0.25, -0.2) is 0 Å². The molecule has 0 fully saturated rings. The fourth-order valence-corrected chi connectivity index (χ4v) is 1.67. The fraction of sp³-hybridized carbons (Fsp3) is 0.538. The summed E-state index contributed by atoms with van der Waals surface area (Å²) in [7, 11) is 0. The Hall–Kier alpha value is -0.860. The van der Waals surface area contributed by atoms with Gasteiger partial charge in [0.05, 0.1) is 6.61 Å². The molecule has 2 N–H and O–H groups in total. The average Bonchev–Trinajstić information content (AvgIpc) is 2.29. The van der Waals surface area contributed by atoms with E-state index in [1.165, 1.54) is 5.56 Å². The van der Waals surface area contributed by atoms with E-state index in [9.17, 15) is 0 Å². The van der Waals surface area contributed by atoms with E-state index < -0.39 is 0 Å². The van der Waals surface area contributed by atoms with Crippen LogP contribution in [-0.4, -0.2) is 23.8 Å². The van der Waals surface area contributed by atoms with Crippen LogP contribution in [0.25, 0.3) is 0 Å². The zero-order valence-corrected chi connectivity index (χ0v) is 9.61. The third-order valence-corrected chi connectivity index (χ3v) is 2.61. The van der Waals surface area contributed by atoms with E-state index in [4.69, 9.17) is 5.11 Å². The van der Waals surface area contributed by atoms with Gasteiger partial charge in [0.15, 0.2) is 0 Å². The first-order valence-corrected chi connectivity index (χ1v) is 5.67. The summed E-state index contributed by atoms with van der Waals surface area (Å²) in [6, 6.07) is 11.1. The number of nitrogens with one attached hydrogen (secondary N) is 1. The number of hydrogen-bond acceptors (Lipinski definition) is 2. The molecule has 1 aromatic rings. The van der Waals surface area contributed by atoms with E-state index in [-0.39, 0.29) is 12.6 Å². The Bertz CT molecular complexity index is 260. The van der Waals surface area contributed by atoms with E-state index in [0.29, 0.717) is 6.04 Å². The normalized spacial score (nSPS) is 14.9. The van der Waals surface area contributed by atoms with Crippen molar-refractivity contribution >= 4 is 0 Å². The number of aliphatic hydroxyl groups excluding tert-OH is 1. The molecule has 0 saturated carbocycles. The first-order valence-electron chi connectivity index (χ1n) is 5.67. The molecular formula is C13H21NO. The molecule has 0 amide bonds. The summed E-state index contributed by atoms with van der Waals surface area (Å²) in [5.74, 6) is 0. The molecule has 0 spiro atoms. The highest BCUT2D eigenvalue weighted by Gasteiger charge is 2.09. The van der Waals surface area contributed by atoms with Gasteiger partial charge >= 0.3 is 0 Å². The molecule has 1 aromatic carbocycles. The van der Waals surface area contributed by atoms with Crippen molar-refractivity contribution in [2.45, 2.75) is 38.8 Å². The summed E-state index contributed by atoms with van der Waals surface area (Å²) < 4.78 is 0. The molecule has 0 unspecified atom stereocenters. The molecule has 0 saturated heterocycles. The molecule has 0 aliphatic heterocycles. The predicted molar refractivity (Wildman–Crippen MR) is 63.9 cm³/mol. The average molecular weight is 207 g/mol. The van der Waals surface area contributed by atoms with Gasteiger partial charge in [0, 0.05) is 12.1 Å². The monoisotopic (exact) mass is 207 g/mol. The van der Waals surface area contributed by atoms with Crippen LogP contribution in [0.5, 0.6) is 0 Å². The van der Waals surface area contributed by atoms with Crippen molar-refractivity contribution in [2.75, 3.05) is 6.61 Å². The van der Waals surface area contributed by atoms with Crippen molar-refractivity contribution in [3.8, 4) is 0 Å². The molecule has 84 valence electrons. The van der Waals surface area contributed by atoms with Gasteiger partial charge in [-0.1, -0.05) is 37.3 Å². The Morgan fingerprint density at radius 1 is 1.27 bits per heavy atom. The molecule has 15 heavy (non-hydrogen) atoms. The number of benzene rings is 1. The lowest BCUT2D eigenvalue weighted by Crippen LogP contribution is -2.39. The highest BCUT2D eigenvalue weighted by atomic mass is 16.3. The molecule has 0 aromatic heterocycles. The van der Waals surface area contributed by atoms with Crippen LogP contribution >= 0.6 is 0 Å². The number of aliphatic hydroxyl groups is 1. The van der Waals surface area contributed by atoms with Crippen LogP contribution in [-0.2, 0) is 6.42 Å². The topological polar surface area (TPSA) is 32.3 Å². The summed E-state index contributed by atoms with van der Waals surface area (Å²) in [6.45, 7) is 4.38.